The van der Waals surface area contributed by atoms with E-state index in [0.717, 1.165) is 29.9 Å². The molecule has 6 nitrogen and oxygen atoms in total. The minimum Gasteiger partial charge on any atom is -0.490 e. The Balaban J connectivity index is 1.27. The maximum atomic E-state index is 13.0. The molecule has 0 bridgehead atoms. The molecule has 44 heavy (non-hydrogen) atoms. The van der Waals surface area contributed by atoms with Crippen LogP contribution in [0.15, 0.2) is 113 Å². The molecule has 0 aliphatic heterocycles. The van der Waals surface area contributed by atoms with Gasteiger partial charge in [-0.2, -0.15) is 5.26 Å². The minimum atomic E-state index is -0.514. The molecule has 0 aliphatic carbocycles. The molecule has 220 valence electrons. The summed E-state index contributed by atoms with van der Waals surface area (Å²) >= 11 is 5.62. The lowest BCUT2D eigenvalue weighted by molar-refractivity contribution is -0.112. The molecule has 0 spiro atoms. The number of amides is 1. The summed E-state index contributed by atoms with van der Waals surface area (Å²) in [6, 6.07) is 34.9. The van der Waals surface area contributed by atoms with Crippen molar-refractivity contribution in [3.63, 3.8) is 0 Å². The van der Waals surface area contributed by atoms with Gasteiger partial charge in [0, 0.05) is 10.2 Å². The quantitative estimate of drug-likeness (QED) is 0.0826. The summed E-state index contributed by atoms with van der Waals surface area (Å²) in [7, 11) is 0. The molecule has 0 atom stereocenters. The van der Waals surface area contributed by atoms with Gasteiger partial charge in [0.25, 0.3) is 5.91 Å². The third kappa shape index (κ3) is 7.98. The molecule has 0 aromatic heterocycles. The lowest BCUT2D eigenvalue weighted by Crippen LogP contribution is -2.13. The normalized spacial score (nSPS) is 11.1. The van der Waals surface area contributed by atoms with Crippen LogP contribution in [-0.2, 0) is 18.0 Å². The van der Waals surface area contributed by atoms with Gasteiger partial charge in [0.05, 0.1) is 10.2 Å². The molecule has 5 rings (SSSR count). The zero-order valence-electron chi connectivity index (χ0n) is 23.8. The number of nitrogens with one attached hydrogen (secondary N) is 1. The maximum Gasteiger partial charge on any atom is 0.266 e. The number of nitriles is 1. The van der Waals surface area contributed by atoms with Gasteiger partial charge >= 0.3 is 0 Å². The lowest BCUT2D eigenvalue weighted by atomic mass is 10.1. The summed E-state index contributed by atoms with van der Waals surface area (Å²) in [4.78, 5) is 13.0. The third-order valence-corrected chi connectivity index (χ3v) is 8.02. The Labute approximate surface area is 278 Å². The van der Waals surface area contributed by atoms with Crippen molar-refractivity contribution in [1.29, 1.82) is 5.26 Å². The van der Waals surface area contributed by atoms with E-state index in [1.165, 1.54) is 0 Å². The second-order valence-corrected chi connectivity index (χ2v) is 11.8. The van der Waals surface area contributed by atoms with Gasteiger partial charge in [0.2, 0.25) is 0 Å². The highest BCUT2D eigenvalue weighted by Crippen LogP contribution is 2.36. The first-order valence-electron chi connectivity index (χ1n) is 13.9. The Bertz CT molecular complexity index is 1840. The average molecular weight is 759 g/mol. The Hall–Kier alpha value is -4.33. The van der Waals surface area contributed by atoms with Crippen LogP contribution >= 0.6 is 38.5 Å². The zero-order valence-corrected chi connectivity index (χ0v) is 27.6. The van der Waals surface area contributed by atoms with Gasteiger partial charge in [0.15, 0.2) is 11.5 Å². The van der Waals surface area contributed by atoms with Gasteiger partial charge in [-0.25, -0.2) is 0 Å². The molecule has 0 saturated heterocycles. The van der Waals surface area contributed by atoms with E-state index in [0.29, 0.717) is 48.3 Å². The highest BCUT2D eigenvalue weighted by atomic mass is 127. The predicted molar refractivity (Wildman–Crippen MR) is 186 cm³/mol. The Morgan fingerprint density at radius 3 is 2.41 bits per heavy atom. The van der Waals surface area contributed by atoms with Crippen LogP contribution in [0.3, 0.4) is 0 Å². The standard InChI is InChI=1S/C36H28BrIN2O4/c1-2-42-34-20-25(19-33(38)35(34)44-23-27-8-5-7-26-6-3-4-9-32(26)27)18-28(21-39)36(41)40-30-14-16-31(17-15-30)43-22-24-10-12-29(37)13-11-24/h3-20H,2,22-23H2,1H3,(H,40,41)/b28-18+. The summed E-state index contributed by atoms with van der Waals surface area (Å²) < 4.78 is 19.8. The van der Waals surface area contributed by atoms with Crippen molar-refractivity contribution < 1.29 is 19.0 Å². The van der Waals surface area contributed by atoms with Crippen molar-refractivity contribution >= 4 is 67.0 Å². The van der Waals surface area contributed by atoms with Crippen LogP contribution in [0.5, 0.6) is 17.2 Å². The number of nitrogens with zero attached hydrogens (tertiary/aromatic N) is 1. The van der Waals surface area contributed by atoms with E-state index < -0.39 is 5.91 Å². The molecule has 0 aliphatic rings. The maximum absolute atomic E-state index is 13.0. The highest BCUT2D eigenvalue weighted by Gasteiger charge is 2.15. The van der Waals surface area contributed by atoms with Gasteiger partial charge in [-0.3, -0.25) is 4.79 Å². The Morgan fingerprint density at radius 2 is 1.66 bits per heavy atom. The van der Waals surface area contributed by atoms with Crippen molar-refractivity contribution in [1.82, 2.24) is 0 Å². The number of hydrogen-bond donors (Lipinski definition) is 1. The molecule has 0 radical (unpaired) electrons. The monoisotopic (exact) mass is 758 g/mol. The van der Waals surface area contributed by atoms with Crippen molar-refractivity contribution in [2.75, 3.05) is 11.9 Å². The second-order valence-electron chi connectivity index (χ2n) is 9.75. The molecule has 5 aromatic rings. The fourth-order valence-electron chi connectivity index (χ4n) is 4.54. The smallest absolute Gasteiger partial charge is 0.266 e. The fraction of sp³-hybridized carbons (Fsp3) is 0.111. The number of anilines is 1. The van der Waals surface area contributed by atoms with Crippen molar-refractivity contribution in [2.45, 2.75) is 20.1 Å². The predicted octanol–water partition coefficient (Wildman–Crippen LogP) is 9.31. The minimum absolute atomic E-state index is 0.0387. The van der Waals surface area contributed by atoms with Crippen LogP contribution in [0.25, 0.3) is 16.8 Å². The van der Waals surface area contributed by atoms with E-state index in [2.05, 4.69) is 68.1 Å². The van der Waals surface area contributed by atoms with Crippen LogP contribution in [0.2, 0.25) is 0 Å². The van der Waals surface area contributed by atoms with E-state index in [9.17, 15) is 10.1 Å². The highest BCUT2D eigenvalue weighted by molar-refractivity contribution is 14.1. The van der Waals surface area contributed by atoms with E-state index >= 15 is 0 Å². The summed E-state index contributed by atoms with van der Waals surface area (Å²) in [6.45, 7) is 3.12. The summed E-state index contributed by atoms with van der Waals surface area (Å²) in [5, 5.41) is 14.9. The number of fused-ring (bicyclic) bond motifs is 1. The number of carbonyl (C=O) groups excluding carboxylic acids is 1. The lowest BCUT2D eigenvalue weighted by Gasteiger charge is -2.16. The van der Waals surface area contributed by atoms with Gasteiger partial charge in [0.1, 0.15) is 30.6 Å². The molecule has 1 amide bonds. The second kappa shape index (κ2) is 14.9. The average Bonchev–Trinajstić information content (AvgIpc) is 3.04. The number of halogens is 2. The van der Waals surface area contributed by atoms with E-state index in [1.54, 1.807) is 36.4 Å². The molecule has 5 aromatic carbocycles. The van der Waals surface area contributed by atoms with Crippen molar-refractivity contribution in [2.24, 2.45) is 0 Å². The number of rotatable bonds is 11. The Morgan fingerprint density at radius 1 is 0.909 bits per heavy atom. The molecule has 0 fully saturated rings. The summed E-state index contributed by atoms with van der Waals surface area (Å²) in [5.74, 6) is 1.31. The number of benzene rings is 5. The number of carbonyl (C=O) groups is 1. The van der Waals surface area contributed by atoms with Crippen LogP contribution in [-0.4, -0.2) is 12.5 Å². The first-order valence-corrected chi connectivity index (χ1v) is 15.8. The largest absolute Gasteiger partial charge is 0.490 e. The van der Waals surface area contributed by atoms with E-state index in [4.69, 9.17) is 14.2 Å². The molecule has 1 N–H and O–H groups in total. The van der Waals surface area contributed by atoms with Gasteiger partial charge < -0.3 is 19.5 Å². The summed E-state index contributed by atoms with van der Waals surface area (Å²) in [6.07, 6.45) is 1.55. The van der Waals surface area contributed by atoms with E-state index in [-0.39, 0.29) is 5.57 Å². The third-order valence-electron chi connectivity index (χ3n) is 6.69. The topological polar surface area (TPSA) is 80.6 Å². The molecule has 8 heteroatoms. The number of hydrogen-bond acceptors (Lipinski definition) is 5. The fourth-order valence-corrected chi connectivity index (χ4v) is 5.58. The van der Waals surface area contributed by atoms with Crippen LogP contribution < -0.4 is 19.5 Å². The number of ether oxygens (including phenoxy) is 3. The van der Waals surface area contributed by atoms with Crippen molar-refractivity contribution in [3.05, 3.63) is 133 Å². The Kier molecular flexibility index (Phi) is 10.5. The zero-order chi connectivity index (χ0) is 30.9. The molecule has 0 unspecified atom stereocenters. The van der Waals surface area contributed by atoms with Crippen LogP contribution in [0.4, 0.5) is 5.69 Å². The first-order chi connectivity index (χ1) is 21.4. The van der Waals surface area contributed by atoms with Gasteiger partial charge in [-0.05, 0) is 112 Å². The first kappa shape index (κ1) is 31.1. The van der Waals surface area contributed by atoms with Gasteiger partial charge in [-0.1, -0.05) is 70.5 Å². The SMILES string of the molecule is CCOc1cc(/C=C(\C#N)C(=O)Nc2ccc(OCc3ccc(Br)cc3)cc2)cc(I)c1OCc1cccc2ccccc12. The van der Waals surface area contributed by atoms with Crippen molar-refractivity contribution in [3.8, 4) is 23.3 Å². The summed E-state index contributed by atoms with van der Waals surface area (Å²) in [5.41, 5.74) is 3.27. The van der Waals surface area contributed by atoms with Crippen LogP contribution in [0, 0.1) is 14.9 Å². The molecule has 0 saturated carbocycles. The molecular formula is C36H28BrIN2O4. The van der Waals surface area contributed by atoms with Crippen LogP contribution in [0.1, 0.15) is 23.6 Å². The molecular weight excluding hydrogens is 731 g/mol. The molecule has 0 heterocycles. The van der Waals surface area contributed by atoms with E-state index in [1.807, 2.05) is 61.5 Å². The van der Waals surface area contributed by atoms with Gasteiger partial charge in [-0.15, -0.1) is 0 Å².